The van der Waals surface area contributed by atoms with Crippen LogP contribution in [0.3, 0.4) is 0 Å². The van der Waals surface area contributed by atoms with E-state index in [2.05, 4.69) is 6.92 Å². The van der Waals surface area contributed by atoms with Gasteiger partial charge in [-0.05, 0) is 30.6 Å². The molecule has 1 saturated carbocycles. The normalized spacial score (nSPS) is 39.0. The van der Waals surface area contributed by atoms with E-state index in [1.807, 2.05) is 0 Å². The molecule has 1 nitrogen and oxygen atoms in total. The van der Waals surface area contributed by atoms with Gasteiger partial charge in [-0.1, -0.05) is 6.92 Å². The van der Waals surface area contributed by atoms with Gasteiger partial charge in [0.2, 0.25) is 0 Å². The van der Waals surface area contributed by atoms with Gasteiger partial charge in [0.1, 0.15) is 0 Å². The van der Waals surface area contributed by atoms with Gasteiger partial charge in [-0.15, -0.1) is 0 Å². The van der Waals surface area contributed by atoms with Crippen LogP contribution < -0.4 is 0 Å². The summed E-state index contributed by atoms with van der Waals surface area (Å²) in [6, 6.07) is 0. The summed E-state index contributed by atoms with van der Waals surface area (Å²) in [5.41, 5.74) is 0.665. The van der Waals surface area contributed by atoms with Crippen molar-refractivity contribution >= 4 is 0 Å². The molecule has 2 rings (SSSR count). The average Bonchev–Trinajstić information content (AvgIpc) is 2.60. The lowest BCUT2D eigenvalue weighted by Crippen LogP contribution is -2.26. The van der Waals surface area contributed by atoms with Crippen LogP contribution >= 0.6 is 0 Å². The minimum Gasteiger partial charge on any atom is -0.381 e. The van der Waals surface area contributed by atoms with Gasteiger partial charge in [0.15, 0.2) is 0 Å². The molecular weight excluding hydrogens is 112 g/mol. The van der Waals surface area contributed by atoms with Crippen LogP contribution in [0, 0.1) is 11.3 Å². The molecular formula is C8H14O. The van der Waals surface area contributed by atoms with Crippen molar-refractivity contribution in [2.24, 2.45) is 11.3 Å². The van der Waals surface area contributed by atoms with Gasteiger partial charge < -0.3 is 4.74 Å². The van der Waals surface area contributed by atoms with Crippen molar-refractivity contribution in [1.82, 2.24) is 0 Å². The Labute approximate surface area is 56.4 Å². The maximum Gasteiger partial charge on any atom is 0.0524 e. The van der Waals surface area contributed by atoms with E-state index in [4.69, 9.17) is 4.74 Å². The lowest BCUT2D eigenvalue weighted by atomic mass is 9.87. The summed E-state index contributed by atoms with van der Waals surface area (Å²) < 4.78 is 5.42. The summed E-state index contributed by atoms with van der Waals surface area (Å²) in [4.78, 5) is 0. The second-order valence-electron chi connectivity index (χ2n) is 3.60. The third-order valence-electron chi connectivity index (χ3n) is 3.02. The molecule has 1 heteroatoms. The molecule has 1 heterocycles. The van der Waals surface area contributed by atoms with Crippen molar-refractivity contribution in [3.05, 3.63) is 0 Å². The Morgan fingerprint density at radius 2 is 2.22 bits per heavy atom. The number of hydrogen-bond acceptors (Lipinski definition) is 1. The van der Waals surface area contributed by atoms with Crippen LogP contribution in [0.5, 0.6) is 0 Å². The quantitative estimate of drug-likeness (QED) is 0.481. The zero-order valence-corrected chi connectivity index (χ0v) is 6.02. The highest BCUT2D eigenvalue weighted by Gasteiger charge is 2.48. The highest BCUT2D eigenvalue weighted by Crippen LogP contribution is 2.54. The maximum atomic E-state index is 5.42. The summed E-state index contributed by atoms with van der Waals surface area (Å²) >= 11 is 0. The highest BCUT2D eigenvalue weighted by molar-refractivity contribution is 4.98. The van der Waals surface area contributed by atoms with Gasteiger partial charge in [-0.2, -0.15) is 0 Å². The van der Waals surface area contributed by atoms with Crippen molar-refractivity contribution in [2.45, 2.75) is 26.2 Å². The van der Waals surface area contributed by atoms with Crippen LogP contribution in [0.15, 0.2) is 0 Å². The Morgan fingerprint density at radius 1 is 1.44 bits per heavy atom. The van der Waals surface area contributed by atoms with Crippen LogP contribution in [0.4, 0.5) is 0 Å². The molecule has 0 radical (unpaired) electrons. The molecule has 0 amide bonds. The molecule has 2 aliphatic rings. The predicted octanol–water partition coefficient (Wildman–Crippen LogP) is 1.82. The van der Waals surface area contributed by atoms with E-state index in [1.54, 1.807) is 0 Å². The van der Waals surface area contributed by atoms with E-state index in [1.165, 1.54) is 19.3 Å². The molecule has 9 heavy (non-hydrogen) atoms. The van der Waals surface area contributed by atoms with Crippen LogP contribution in [0.25, 0.3) is 0 Å². The summed E-state index contributed by atoms with van der Waals surface area (Å²) in [7, 11) is 0. The third kappa shape index (κ3) is 0.787. The van der Waals surface area contributed by atoms with Crippen molar-refractivity contribution in [1.29, 1.82) is 0 Å². The predicted molar refractivity (Wildman–Crippen MR) is 36.3 cm³/mol. The monoisotopic (exact) mass is 126 g/mol. The fourth-order valence-corrected chi connectivity index (χ4v) is 1.78. The zero-order valence-electron chi connectivity index (χ0n) is 6.02. The van der Waals surface area contributed by atoms with E-state index in [0.29, 0.717) is 5.41 Å². The van der Waals surface area contributed by atoms with Crippen molar-refractivity contribution < 1.29 is 4.74 Å². The summed E-state index contributed by atoms with van der Waals surface area (Å²) in [6.07, 6.45) is 4.14. The molecule has 0 aromatic carbocycles. The second kappa shape index (κ2) is 1.72. The fraction of sp³-hybridized carbons (Fsp3) is 1.00. The van der Waals surface area contributed by atoms with E-state index < -0.39 is 0 Å². The largest absolute Gasteiger partial charge is 0.381 e. The Hall–Kier alpha value is -0.0400. The Bertz CT molecular complexity index is 116. The molecule has 52 valence electrons. The smallest absolute Gasteiger partial charge is 0.0524 e. The van der Waals surface area contributed by atoms with Gasteiger partial charge in [-0.25, -0.2) is 0 Å². The fourth-order valence-electron chi connectivity index (χ4n) is 1.78. The van der Waals surface area contributed by atoms with Crippen molar-refractivity contribution in [2.75, 3.05) is 13.2 Å². The topological polar surface area (TPSA) is 9.23 Å². The minimum atomic E-state index is 0.665. The Morgan fingerprint density at radius 3 is 2.67 bits per heavy atom. The van der Waals surface area contributed by atoms with E-state index in [0.717, 1.165) is 19.1 Å². The molecule has 0 aromatic rings. The first-order valence-electron chi connectivity index (χ1n) is 3.91. The number of rotatable bonds is 0. The van der Waals surface area contributed by atoms with Gasteiger partial charge >= 0.3 is 0 Å². The van der Waals surface area contributed by atoms with Gasteiger partial charge in [0.05, 0.1) is 6.61 Å². The Balaban J connectivity index is 2.03. The third-order valence-corrected chi connectivity index (χ3v) is 3.02. The van der Waals surface area contributed by atoms with Gasteiger partial charge in [0, 0.05) is 6.61 Å². The number of hydrogen-bond donors (Lipinski definition) is 0. The van der Waals surface area contributed by atoms with E-state index in [9.17, 15) is 0 Å². The van der Waals surface area contributed by atoms with Gasteiger partial charge in [0.25, 0.3) is 0 Å². The SMILES string of the molecule is C[C@H]1CCOCC12CC2. The van der Waals surface area contributed by atoms with Crippen LogP contribution in [0.1, 0.15) is 26.2 Å². The zero-order chi connectivity index (χ0) is 6.32. The molecule has 0 N–H and O–H groups in total. The molecule has 1 aliphatic carbocycles. The maximum absolute atomic E-state index is 5.42. The van der Waals surface area contributed by atoms with Crippen LogP contribution in [-0.2, 0) is 4.74 Å². The molecule has 1 spiro atoms. The summed E-state index contributed by atoms with van der Waals surface area (Å²) in [5, 5.41) is 0. The lowest BCUT2D eigenvalue weighted by molar-refractivity contribution is 0.00949. The minimum absolute atomic E-state index is 0.665. The first-order valence-corrected chi connectivity index (χ1v) is 3.91. The first kappa shape index (κ1) is 5.72. The second-order valence-corrected chi connectivity index (χ2v) is 3.60. The van der Waals surface area contributed by atoms with Crippen molar-refractivity contribution in [3.63, 3.8) is 0 Å². The van der Waals surface area contributed by atoms with Gasteiger partial charge in [-0.3, -0.25) is 0 Å². The molecule has 2 fully saturated rings. The molecule has 1 saturated heterocycles. The standard InChI is InChI=1S/C8H14O/c1-7-2-5-9-6-8(7)3-4-8/h7H,2-6H2,1H3/t7-/m0/s1. The summed E-state index contributed by atoms with van der Waals surface area (Å²) in [5.74, 6) is 0.936. The first-order chi connectivity index (χ1) is 4.33. The van der Waals surface area contributed by atoms with E-state index in [-0.39, 0.29) is 0 Å². The Kier molecular flexibility index (Phi) is 1.10. The molecule has 1 atom stereocenters. The lowest BCUT2D eigenvalue weighted by Gasteiger charge is -2.28. The average molecular weight is 126 g/mol. The molecule has 0 bridgehead atoms. The van der Waals surface area contributed by atoms with Crippen LogP contribution in [0.2, 0.25) is 0 Å². The summed E-state index contributed by atoms with van der Waals surface area (Å²) in [6.45, 7) is 4.42. The molecule has 0 unspecified atom stereocenters. The van der Waals surface area contributed by atoms with Crippen molar-refractivity contribution in [3.8, 4) is 0 Å². The molecule has 0 aromatic heterocycles. The van der Waals surface area contributed by atoms with Crippen LogP contribution in [-0.4, -0.2) is 13.2 Å². The number of ether oxygens (including phenoxy) is 1. The highest BCUT2D eigenvalue weighted by atomic mass is 16.5. The molecule has 1 aliphatic heterocycles. The van der Waals surface area contributed by atoms with E-state index >= 15 is 0 Å².